The first-order valence-electron chi connectivity index (χ1n) is 16.3. The maximum atomic E-state index is 13.1. The number of esters is 4. The van der Waals surface area contributed by atoms with E-state index < -0.39 is 35.7 Å². The molecule has 0 radical (unpaired) electrons. The Bertz CT molecular complexity index is 1480. The highest BCUT2D eigenvalue weighted by Crippen LogP contribution is 2.44. The lowest BCUT2D eigenvalue weighted by Crippen LogP contribution is -2.75. The average Bonchev–Trinajstić information content (AvgIpc) is 3.40. The summed E-state index contributed by atoms with van der Waals surface area (Å²) in [5, 5.41) is 0. The summed E-state index contributed by atoms with van der Waals surface area (Å²) in [6.07, 6.45) is 9.47. The average molecular weight is 663 g/mol. The third-order valence-electron chi connectivity index (χ3n) is 8.58. The van der Waals surface area contributed by atoms with Crippen LogP contribution >= 0.6 is 0 Å². The lowest BCUT2D eigenvalue weighted by atomic mass is 10.1. The molecule has 0 aliphatic carbocycles. The molecule has 2 spiro atoms. The molecular formula is C36H42N2O10. The molecule has 2 aromatic rings. The Morgan fingerprint density at radius 2 is 1.06 bits per heavy atom. The molecule has 12 nitrogen and oxygen atoms in total. The van der Waals surface area contributed by atoms with E-state index in [4.69, 9.17) is 28.4 Å². The van der Waals surface area contributed by atoms with E-state index in [-0.39, 0.29) is 13.1 Å². The minimum absolute atomic E-state index is 0.253. The molecule has 3 heterocycles. The van der Waals surface area contributed by atoms with Crippen LogP contribution in [-0.4, -0.2) is 85.9 Å². The Hall–Kier alpha value is -4.68. The second kappa shape index (κ2) is 15.9. The summed E-state index contributed by atoms with van der Waals surface area (Å²) in [6.45, 7) is 1.13. The standard InChI is InChI=1S/C36H42N2O10/c1-43-29-17-16-28(26-30(29)44-2)15-8-10-23-38-25-11-24-37(22-9-4-7-14-27-12-5-3-6-13-27)35(45-31(39)18-19-32(40)46-35)36(38)47-33(41)20-21-34(42)48-36/h3,5-6,12-13,16-21,26H,4,7-11,14-15,22-25H2,1-2H3. The van der Waals surface area contributed by atoms with Gasteiger partial charge in [0.2, 0.25) is 0 Å². The molecule has 48 heavy (non-hydrogen) atoms. The predicted octanol–water partition coefficient (Wildman–Crippen LogP) is 4.07. The highest BCUT2D eigenvalue weighted by Gasteiger charge is 2.73. The van der Waals surface area contributed by atoms with Crippen LogP contribution in [0.5, 0.6) is 11.5 Å². The van der Waals surface area contributed by atoms with Gasteiger partial charge in [0.05, 0.1) is 14.2 Å². The molecule has 0 aromatic heterocycles. The van der Waals surface area contributed by atoms with Crippen molar-refractivity contribution in [3.8, 4) is 11.5 Å². The molecule has 3 aliphatic rings. The molecule has 0 saturated carbocycles. The summed E-state index contributed by atoms with van der Waals surface area (Å²) < 4.78 is 34.5. The van der Waals surface area contributed by atoms with Crippen LogP contribution in [0, 0.1) is 0 Å². The second-order valence-electron chi connectivity index (χ2n) is 11.8. The van der Waals surface area contributed by atoms with Crippen molar-refractivity contribution in [2.45, 2.75) is 63.2 Å². The van der Waals surface area contributed by atoms with E-state index in [1.807, 2.05) is 36.4 Å². The number of rotatable bonds is 13. The van der Waals surface area contributed by atoms with Crippen molar-refractivity contribution >= 4 is 23.9 Å². The SMILES string of the molecule is COc1ccc(CCCCN2CCCN(CCCCCc3ccccc3)C3(OC(=O)C=CC(=O)O3)C23OC(=O)C=CC(=O)O3)cc1OC. The van der Waals surface area contributed by atoms with Crippen LogP contribution in [0.1, 0.15) is 49.7 Å². The van der Waals surface area contributed by atoms with E-state index in [9.17, 15) is 19.2 Å². The number of aryl methyl sites for hydroxylation is 2. The number of benzene rings is 2. The Balaban J connectivity index is 1.40. The lowest BCUT2D eigenvalue weighted by Gasteiger charge is -2.50. The third kappa shape index (κ3) is 7.88. The Kier molecular flexibility index (Phi) is 11.5. The summed E-state index contributed by atoms with van der Waals surface area (Å²) in [5.74, 6) is -7.23. The second-order valence-corrected chi connectivity index (χ2v) is 11.8. The highest BCUT2D eigenvalue weighted by molar-refractivity contribution is 5.95. The van der Waals surface area contributed by atoms with Crippen molar-refractivity contribution in [2.75, 3.05) is 40.4 Å². The van der Waals surface area contributed by atoms with Crippen molar-refractivity contribution in [3.63, 3.8) is 0 Å². The quantitative estimate of drug-likeness (QED) is 0.226. The van der Waals surface area contributed by atoms with Gasteiger partial charge >= 0.3 is 35.7 Å². The molecule has 3 aliphatic heterocycles. The molecule has 2 aromatic carbocycles. The van der Waals surface area contributed by atoms with Crippen molar-refractivity contribution in [3.05, 3.63) is 84.0 Å². The van der Waals surface area contributed by atoms with Crippen LogP contribution in [0.3, 0.4) is 0 Å². The molecule has 256 valence electrons. The van der Waals surface area contributed by atoms with Gasteiger partial charge in [-0.3, -0.25) is 0 Å². The number of methoxy groups -OCH3 is 2. The minimum atomic E-state index is -2.42. The molecule has 0 atom stereocenters. The fourth-order valence-corrected chi connectivity index (χ4v) is 6.30. The van der Waals surface area contributed by atoms with Crippen molar-refractivity contribution < 1.29 is 47.6 Å². The smallest absolute Gasteiger partial charge is 0.419 e. The van der Waals surface area contributed by atoms with Gasteiger partial charge in [0, 0.05) is 50.5 Å². The monoisotopic (exact) mass is 662 g/mol. The molecular weight excluding hydrogens is 620 g/mol. The maximum Gasteiger partial charge on any atom is 0.419 e. The van der Waals surface area contributed by atoms with Gasteiger partial charge in [-0.1, -0.05) is 42.8 Å². The molecule has 1 fully saturated rings. The molecule has 0 amide bonds. The number of unbranched alkanes of at least 4 members (excludes halogenated alkanes) is 3. The zero-order valence-electron chi connectivity index (χ0n) is 27.4. The van der Waals surface area contributed by atoms with Crippen LogP contribution < -0.4 is 9.47 Å². The van der Waals surface area contributed by atoms with Gasteiger partial charge in [0.1, 0.15) is 0 Å². The molecule has 1 saturated heterocycles. The molecule has 0 N–H and O–H groups in total. The Labute approximate surface area is 280 Å². The summed E-state index contributed by atoms with van der Waals surface area (Å²) in [4.78, 5) is 55.6. The van der Waals surface area contributed by atoms with Crippen LogP contribution in [0.2, 0.25) is 0 Å². The van der Waals surface area contributed by atoms with E-state index in [1.54, 1.807) is 24.0 Å². The molecule has 0 unspecified atom stereocenters. The summed E-state index contributed by atoms with van der Waals surface area (Å²) in [7, 11) is 3.16. The van der Waals surface area contributed by atoms with E-state index in [1.165, 1.54) is 5.56 Å². The van der Waals surface area contributed by atoms with Crippen LogP contribution in [0.15, 0.2) is 72.8 Å². The highest BCUT2D eigenvalue weighted by atomic mass is 16.8. The topological polar surface area (TPSA) is 130 Å². The van der Waals surface area contributed by atoms with Crippen molar-refractivity contribution in [1.82, 2.24) is 9.80 Å². The first-order valence-corrected chi connectivity index (χ1v) is 16.3. The molecule has 5 rings (SSSR count). The predicted molar refractivity (Wildman–Crippen MR) is 172 cm³/mol. The van der Waals surface area contributed by atoms with Gasteiger partial charge in [0.15, 0.2) is 11.5 Å². The van der Waals surface area contributed by atoms with E-state index in [2.05, 4.69) is 12.1 Å². The van der Waals surface area contributed by atoms with Gasteiger partial charge < -0.3 is 28.4 Å². The first-order chi connectivity index (χ1) is 23.3. The van der Waals surface area contributed by atoms with Gasteiger partial charge in [-0.25, -0.2) is 29.0 Å². The van der Waals surface area contributed by atoms with E-state index in [0.29, 0.717) is 56.7 Å². The van der Waals surface area contributed by atoms with E-state index in [0.717, 1.165) is 49.1 Å². The Morgan fingerprint density at radius 1 is 0.583 bits per heavy atom. The largest absolute Gasteiger partial charge is 0.493 e. The third-order valence-corrected chi connectivity index (χ3v) is 8.58. The zero-order valence-corrected chi connectivity index (χ0v) is 27.4. The van der Waals surface area contributed by atoms with Gasteiger partial charge in [-0.05, 0) is 68.2 Å². The van der Waals surface area contributed by atoms with Crippen LogP contribution in [0.4, 0.5) is 0 Å². The van der Waals surface area contributed by atoms with Crippen molar-refractivity contribution in [2.24, 2.45) is 0 Å². The number of fused-ring (bicyclic) bond motifs is 1. The molecule has 0 bridgehead atoms. The number of ether oxygens (including phenoxy) is 6. The van der Waals surface area contributed by atoms with Crippen molar-refractivity contribution in [1.29, 1.82) is 0 Å². The number of hydrogen-bond donors (Lipinski definition) is 0. The molecule has 12 heteroatoms. The van der Waals surface area contributed by atoms with Gasteiger partial charge in [-0.15, -0.1) is 0 Å². The van der Waals surface area contributed by atoms with E-state index >= 15 is 0 Å². The Morgan fingerprint density at radius 3 is 1.58 bits per heavy atom. The number of hydrogen-bond acceptors (Lipinski definition) is 12. The fraction of sp³-hybridized carbons (Fsp3) is 0.444. The fourth-order valence-electron chi connectivity index (χ4n) is 6.30. The number of nitrogens with zero attached hydrogens (tertiary/aromatic N) is 2. The summed E-state index contributed by atoms with van der Waals surface area (Å²) >= 11 is 0. The summed E-state index contributed by atoms with van der Waals surface area (Å²) in [5.41, 5.74) is 2.26. The lowest BCUT2D eigenvalue weighted by molar-refractivity contribution is -0.443. The minimum Gasteiger partial charge on any atom is -0.493 e. The van der Waals surface area contributed by atoms with Gasteiger partial charge in [0.25, 0.3) is 0 Å². The first kappa shape index (κ1) is 34.6. The summed E-state index contributed by atoms with van der Waals surface area (Å²) in [6, 6.07) is 15.9. The number of carbonyl (C=O) groups excluding carboxylic acids is 4. The maximum absolute atomic E-state index is 13.1. The van der Waals surface area contributed by atoms with Crippen LogP contribution in [-0.2, 0) is 51.0 Å². The normalized spacial score (nSPS) is 19.1. The van der Waals surface area contributed by atoms with Crippen LogP contribution in [0.25, 0.3) is 0 Å². The van der Waals surface area contributed by atoms with Gasteiger partial charge in [-0.2, -0.15) is 0 Å². The number of carbonyl (C=O) groups is 4. The zero-order chi connectivity index (χ0) is 34.0.